The molecule has 0 amide bonds. The molecule has 0 bridgehead atoms. The Hall–Kier alpha value is -0.0400. The lowest BCUT2D eigenvalue weighted by Gasteiger charge is -2.17. The zero-order valence-corrected chi connectivity index (χ0v) is 8.93. The molecule has 2 atom stereocenters. The molecule has 0 aromatic heterocycles. The van der Waals surface area contributed by atoms with Gasteiger partial charge in [-0.1, -0.05) is 27.7 Å². The molecule has 12 heavy (non-hydrogen) atoms. The van der Waals surface area contributed by atoms with Gasteiger partial charge in [0.1, 0.15) is 0 Å². The second-order valence-corrected chi connectivity index (χ2v) is 4.84. The van der Waals surface area contributed by atoms with E-state index >= 15 is 0 Å². The highest BCUT2D eigenvalue weighted by atomic mass is 14.9. The topological polar surface area (TPSA) is 12.0 Å². The van der Waals surface area contributed by atoms with Crippen molar-refractivity contribution in [2.24, 2.45) is 11.8 Å². The first-order valence-corrected chi connectivity index (χ1v) is 5.35. The molecule has 0 heterocycles. The largest absolute Gasteiger partial charge is 0.312 e. The van der Waals surface area contributed by atoms with Crippen LogP contribution in [0, 0.1) is 11.8 Å². The standard InChI is InChI=1S/C11H23N/c1-8(2)10-5-6-11(7-10)12-9(3)4/h8-12H,5-7H2,1-4H3/t10-,11?/m0/s1. The van der Waals surface area contributed by atoms with Crippen molar-refractivity contribution in [1.29, 1.82) is 0 Å². The molecule has 1 fully saturated rings. The maximum Gasteiger partial charge on any atom is 0.00722 e. The van der Waals surface area contributed by atoms with Crippen LogP contribution in [0.4, 0.5) is 0 Å². The summed E-state index contributed by atoms with van der Waals surface area (Å²) in [5.41, 5.74) is 0. The number of hydrogen-bond acceptors (Lipinski definition) is 1. The van der Waals surface area contributed by atoms with Crippen molar-refractivity contribution in [3.63, 3.8) is 0 Å². The van der Waals surface area contributed by atoms with E-state index < -0.39 is 0 Å². The number of nitrogens with one attached hydrogen (secondary N) is 1. The molecular formula is C11H23N. The second kappa shape index (κ2) is 4.27. The van der Waals surface area contributed by atoms with Gasteiger partial charge in [0.2, 0.25) is 0 Å². The molecule has 1 rings (SSSR count). The van der Waals surface area contributed by atoms with E-state index in [1.165, 1.54) is 19.3 Å². The fourth-order valence-corrected chi connectivity index (χ4v) is 2.24. The summed E-state index contributed by atoms with van der Waals surface area (Å²) in [4.78, 5) is 0. The number of rotatable bonds is 3. The van der Waals surface area contributed by atoms with Gasteiger partial charge in [-0.15, -0.1) is 0 Å². The van der Waals surface area contributed by atoms with Crippen molar-refractivity contribution in [3.8, 4) is 0 Å². The van der Waals surface area contributed by atoms with E-state index in [0.717, 1.165) is 17.9 Å². The van der Waals surface area contributed by atoms with E-state index in [1.54, 1.807) is 0 Å². The van der Waals surface area contributed by atoms with Gasteiger partial charge < -0.3 is 5.32 Å². The van der Waals surface area contributed by atoms with Gasteiger partial charge in [0.15, 0.2) is 0 Å². The normalized spacial score (nSPS) is 30.5. The lowest BCUT2D eigenvalue weighted by atomic mass is 9.94. The minimum atomic E-state index is 0.654. The molecule has 0 saturated heterocycles. The molecule has 72 valence electrons. The van der Waals surface area contributed by atoms with Crippen LogP contribution in [0.15, 0.2) is 0 Å². The minimum Gasteiger partial charge on any atom is -0.312 e. The van der Waals surface area contributed by atoms with E-state index in [9.17, 15) is 0 Å². The van der Waals surface area contributed by atoms with Crippen LogP contribution >= 0.6 is 0 Å². The molecule has 1 heteroatoms. The quantitative estimate of drug-likeness (QED) is 0.685. The van der Waals surface area contributed by atoms with Gasteiger partial charge in [-0.05, 0) is 31.1 Å². The molecule has 0 aromatic rings. The van der Waals surface area contributed by atoms with Crippen molar-refractivity contribution < 1.29 is 0 Å². The zero-order chi connectivity index (χ0) is 9.14. The second-order valence-electron chi connectivity index (χ2n) is 4.84. The van der Waals surface area contributed by atoms with E-state index in [-0.39, 0.29) is 0 Å². The molecule has 1 aliphatic carbocycles. The van der Waals surface area contributed by atoms with E-state index in [1.807, 2.05) is 0 Å². The lowest BCUT2D eigenvalue weighted by Crippen LogP contribution is -2.32. The molecule has 1 nitrogen and oxygen atoms in total. The summed E-state index contributed by atoms with van der Waals surface area (Å²) in [5, 5.41) is 3.63. The van der Waals surface area contributed by atoms with E-state index in [2.05, 4.69) is 33.0 Å². The van der Waals surface area contributed by atoms with Crippen molar-refractivity contribution >= 4 is 0 Å². The Balaban J connectivity index is 2.26. The summed E-state index contributed by atoms with van der Waals surface area (Å²) < 4.78 is 0. The first-order chi connectivity index (χ1) is 5.59. The Morgan fingerprint density at radius 3 is 2.17 bits per heavy atom. The van der Waals surface area contributed by atoms with E-state index in [4.69, 9.17) is 0 Å². The van der Waals surface area contributed by atoms with Crippen LogP contribution in [0.25, 0.3) is 0 Å². The Labute approximate surface area is 76.9 Å². The maximum absolute atomic E-state index is 3.63. The van der Waals surface area contributed by atoms with Crippen LogP contribution in [-0.4, -0.2) is 12.1 Å². The monoisotopic (exact) mass is 169 g/mol. The van der Waals surface area contributed by atoms with Crippen LogP contribution in [0.1, 0.15) is 47.0 Å². The molecule has 0 aliphatic heterocycles. The van der Waals surface area contributed by atoms with Gasteiger partial charge in [0.25, 0.3) is 0 Å². The van der Waals surface area contributed by atoms with Gasteiger partial charge in [-0.2, -0.15) is 0 Å². The van der Waals surface area contributed by atoms with Gasteiger partial charge in [0, 0.05) is 12.1 Å². The number of hydrogen-bond donors (Lipinski definition) is 1. The Morgan fingerprint density at radius 2 is 1.75 bits per heavy atom. The molecule has 1 unspecified atom stereocenters. The Bertz CT molecular complexity index is 129. The molecule has 0 radical (unpaired) electrons. The fourth-order valence-electron chi connectivity index (χ4n) is 2.24. The van der Waals surface area contributed by atoms with Crippen LogP contribution in [-0.2, 0) is 0 Å². The first kappa shape index (κ1) is 10.0. The summed E-state index contributed by atoms with van der Waals surface area (Å²) in [6, 6.07) is 1.46. The van der Waals surface area contributed by atoms with Crippen LogP contribution in [0.5, 0.6) is 0 Å². The molecule has 1 saturated carbocycles. The van der Waals surface area contributed by atoms with Gasteiger partial charge >= 0.3 is 0 Å². The molecule has 0 spiro atoms. The third kappa shape index (κ3) is 2.78. The summed E-state index contributed by atoms with van der Waals surface area (Å²) in [5.74, 6) is 1.85. The average molecular weight is 169 g/mol. The zero-order valence-electron chi connectivity index (χ0n) is 8.93. The van der Waals surface area contributed by atoms with Gasteiger partial charge in [-0.3, -0.25) is 0 Å². The van der Waals surface area contributed by atoms with Gasteiger partial charge in [0.05, 0.1) is 0 Å². The summed E-state index contributed by atoms with van der Waals surface area (Å²) in [7, 11) is 0. The smallest absolute Gasteiger partial charge is 0.00722 e. The van der Waals surface area contributed by atoms with E-state index in [0.29, 0.717) is 6.04 Å². The first-order valence-electron chi connectivity index (χ1n) is 5.35. The highest BCUT2D eigenvalue weighted by Crippen LogP contribution is 2.31. The molecule has 1 N–H and O–H groups in total. The Kier molecular flexibility index (Phi) is 3.57. The lowest BCUT2D eigenvalue weighted by molar-refractivity contribution is 0.375. The third-order valence-corrected chi connectivity index (χ3v) is 2.99. The van der Waals surface area contributed by atoms with Gasteiger partial charge in [-0.25, -0.2) is 0 Å². The van der Waals surface area contributed by atoms with Crippen molar-refractivity contribution in [2.75, 3.05) is 0 Å². The van der Waals surface area contributed by atoms with Crippen molar-refractivity contribution in [2.45, 2.75) is 59.0 Å². The third-order valence-electron chi connectivity index (χ3n) is 2.99. The Morgan fingerprint density at radius 1 is 1.08 bits per heavy atom. The summed E-state index contributed by atoms with van der Waals surface area (Å²) in [6.07, 6.45) is 4.22. The highest BCUT2D eigenvalue weighted by Gasteiger charge is 2.26. The highest BCUT2D eigenvalue weighted by molar-refractivity contribution is 4.82. The fraction of sp³-hybridized carbons (Fsp3) is 1.00. The molecule has 0 aromatic carbocycles. The van der Waals surface area contributed by atoms with Crippen LogP contribution in [0.3, 0.4) is 0 Å². The summed E-state index contributed by atoms with van der Waals surface area (Å²) in [6.45, 7) is 9.18. The van der Waals surface area contributed by atoms with Crippen molar-refractivity contribution in [1.82, 2.24) is 5.32 Å². The van der Waals surface area contributed by atoms with Crippen LogP contribution in [0.2, 0.25) is 0 Å². The van der Waals surface area contributed by atoms with Crippen LogP contribution < -0.4 is 5.32 Å². The average Bonchev–Trinajstić information content (AvgIpc) is 2.34. The maximum atomic E-state index is 3.63. The minimum absolute atomic E-state index is 0.654. The predicted octanol–water partition coefficient (Wildman–Crippen LogP) is 2.81. The SMILES string of the molecule is CC(C)NC1CC[C@H](C(C)C)C1. The molecular weight excluding hydrogens is 146 g/mol. The predicted molar refractivity (Wildman–Crippen MR) is 54.2 cm³/mol. The van der Waals surface area contributed by atoms with Crippen molar-refractivity contribution in [3.05, 3.63) is 0 Å². The summed E-state index contributed by atoms with van der Waals surface area (Å²) >= 11 is 0. The molecule has 1 aliphatic rings.